The van der Waals surface area contributed by atoms with Crippen LogP contribution in [0.15, 0.2) is 54.2 Å². The standard InChI is InChI=1S/C23H26N2O3/c1-15(2)28-14-13-25-22(26)20(18-11-9-16(3)10-12-18)21(23(25)27)24-19-8-6-5-7-17(19)4/h5-12,15,24H,13-14H2,1-4H3. The van der Waals surface area contributed by atoms with Crippen LogP contribution in [0.25, 0.3) is 5.57 Å². The lowest BCUT2D eigenvalue weighted by atomic mass is 10.0. The number of hydrogen-bond donors (Lipinski definition) is 1. The summed E-state index contributed by atoms with van der Waals surface area (Å²) in [5.74, 6) is -0.617. The molecule has 2 aromatic rings. The number of anilines is 1. The SMILES string of the molecule is Cc1ccc(C2=C(Nc3ccccc3C)C(=O)N(CCOC(C)C)C2=O)cc1. The van der Waals surface area contributed by atoms with Gasteiger partial charge in [-0.05, 0) is 44.9 Å². The van der Waals surface area contributed by atoms with Gasteiger partial charge >= 0.3 is 0 Å². The van der Waals surface area contributed by atoms with Gasteiger partial charge in [0.1, 0.15) is 5.70 Å². The minimum atomic E-state index is -0.323. The predicted molar refractivity (Wildman–Crippen MR) is 111 cm³/mol. The minimum Gasteiger partial charge on any atom is -0.377 e. The predicted octanol–water partition coefficient (Wildman–Crippen LogP) is 3.92. The van der Waals surface area contributed by atoms with Crippen molar-refractivity contribution in [2.24, 2.45) is 0 Å². The van der Waals surface area contributed by atoms with E-state index in [0.29, 0.717) is 17.9 Å². The molecule has 0 bridgehead atoms. The van der Waals surface area contributed by atoms with Crippen LogP contribution in [-0.2, 0) is 14.3 Å². The fourth-order valence-electron chi connectivity index (χ4n) is 3.11. The molecule has 0 atom stereocenters. The van der Waals surface area contributed by atoms with Crippen LogP contribution in [0.1, 0.15) is 30.5 Å². The topological polar surface area (TPSA) is 58.6 Å². The van der Waals surface area contributed by atoms with E-state index in [9.17, 15) is 9.59 Å². The van der Waals surface area contributed by atoms with E-state index in [-0.39, 0.29) is 24.5 Å². The monoisotopic (exact) mass is 378 g/mol. The quantitative estimate of drug-likeness (QED) is 0.742. The molecule has 0 spiro atoms. The van der Waals surface area contributed by atoms with Crippen molar-refractivity contribution in [3.8, 4) is 0 Å². The summed E-state index contributed by atoms with van der Waals surface area (Å²) in [6.45, 7) is 8.34. The molecule has 0 aromatic heterocycles. The number of para-hydroxylation sites is 1. The number of imide groups is 1. The highest BCUT2D eigenvalue weighted by Crippen LogP contribution is 2.31. The Morgan fingerprint density at radius 2 is 1.64 bits per heavy atom. The van der Waals surface area contributed by atoms with E-state index in [1.54, 1.807) is 0 Å². The molecule has 0 saturated heterocycles. The summed E-state index contributed by atoms with van der Waals surface area (Å²) in [5, 5.41) is 3.21. The van der Waals surface area contributed by atoms with Crippen LogP contribution in [0.3, 0.4) is 0 Å². The highest BCUT2D eigenvalue weighted by Gasteiger charge is 2.39. The zero-order valence-corrected chi connectivity index (χ0v) is 16.8. The first kappa shape index (κ1) is 19.8. The number of benzene rings is 2. The summed E-state index contributed by atoms with van der Waals surface area (Å²) < 4.78 is 5.54. The van der Waals surface area contributed by atoms with E-state index in [1.165, 1.54) is 4.90 Å². The summed E-state index contributed by atoms with van der Waals surface area (Å²) in [7, 11) is 0. The van der Waals surface area contributed by atoms with Crippen molar-refractivity contribution in [2.75, 3.05) is 18.5 Å². The lowest BCUT2D eigenvalue weighted by Gasteiger charge is -2.16. The number of aryl methyl sites for hydroxylation is 2. The molecular formula is C23H26N2O3. The Bertz CT molecular complexity index is 914. The second kappa shape index (κ2) is 8.40. The van der Waals surface area contributed by atoms with Crippen LogP contribution >= 0.6 is 0 Å². The van der Waals surface area contributed by atoms with Crippen LogP contribution in [0.5, 0.6) is 0 Å². The van der Waals surface area contributed by atoms with Crippen molar-refractivity contribution in [1.82, 2.24) is 4.90 Å². The average Bonchev–Trinajstić information content (AvgIpc) is 2.88. The zero-order chi connectivity index (χ0) is 20.3. The first-order chi connectivity index (χ1) is 13.4. The number of ether oxygens (including phenoxy) is 1. The first-order valence-electron chi connectivity index (χ1n) is 9.50. The average molecular weight is 378 g/mol. The molecular weight excluding hydrogens is 352 g/mol. The Kier molecular flexibility index (Phi) is 5.95. The zero-order valence-electron chi connectivity index (χ0n) is 16.8. The van der Waals surface area contributed by atoms with E-state index in [1.807, 2.05) is 76.2 Å². The van der Waals surface area contributed by atoms with E-state index < -0.39 is 0 Å². The van der Waals surface area contributed by atoms with Gasteiger partial charge in [0.05, 0.1) is 24.8 Å². The van der Waals surface area contributed by atoms with Gasteiger partial charge in [-0.15, -0.1) is 0 Å². The third-order valence-corrected chi connectivity index (χ3v) is 4.68. The molecule has 2 aromatic carbocycles. The lowest BCUT2D eigenvalue weighted by Crippen LogP contribution is -2.35. The third-order valence-electron chi connectivity index (χ3n) is 4.68. The molecule has 3 rings (SSSR count). The molecule has 2 amide bonds. The fourth-order valence-corrected chi connectivity index (χ4v) is 3.11. The molecule has 1 aliphatic rings. The van der Waals surface area contributed by atoms with Crippen LogP contribution < -0.4 is 5.32 Å². The summed E-state index contributed by atoms with van der Waals surface area (Å²) in [4.78, 5) is 27.5. The summed E-state index contributed by atoms with van der Waals surface area (Å²) in [5.41, 5.74) is 4.35. The maximum absolute atomic E-state index is 13.1. The number of hydrogen-bond acceptors (Lipinski definition) is 4. The van der Waals surface area contributed by atoms with Crippen molar-refractivity contribution < 1.29 is 14.3 Å². The Labute approximate surface area is 166 Å². The molecule has 5 heteroatoms. The number of carbonyl (C=O) groups is 2. The van der Waals surface area contributed by atoms with Crippen molar-refractivity contribution in [1.29, 1.82) is 0 Å². The van der Waals surface area contributed by atoms with Gasteiger partial charge in [-0.3, -0.25) is 14.5 Å². The molecule has 1 aliphatic heterocycles. The highest BCUT2D eigenvalue weighted by atomic mass is 16.5. The van der Waals surface area contributed by atoms with Gasteiger partial charge in [0.2, 0.25) is 0 Å². The molecule has 28 heavy (non-hydrogen) atoms. The van der Waals surface area contributed by atoms with Gasteiger partial charge in [-0.2, -0.15) is 0 Å². The number of rotatable bonds is 7. The van der Waals surface area contributed by atoms with Crippen LogP contribution in [0.4, 0.5) is 5.69 Å². The number of amides is 2. The molecule has 0 aliphatic carbocycles. The third kappa shape index (κ3) is 4.15. The van der Waals surface area contributed by atoms with Crippen molar-refractivity contribution in [3.63, 3.8) is 0 Å². The Balaban J connectivity index is 1.97. The molecule has 0 fully saturated rings. The van der Waals surface area contributed by atoms with E-state index in [4.69, 9.17) is 4.74 Å². The van der Waals surface area contributed by atoms with E-state index in [0.717, 1.165) is 22.4 Å². The Morgan fingerprint density at radius 1 is 0.964 bits per heavy atom. The minimum absolute atomic E-state index is 0.0434. The molecule has 0 radical (unpaired) electrons. The molecule has 1 N–H and O–H groups in total. The van der Waals surface area contributed by atoms with Gasteiger partial charge in [-0.1, -0.05) is 48.0 Å². The summed E-state index contributed by atoms with van der Waals surface area (Å²) >= 11 is 0. The fraction of sp³-hybridized carbons (Fsp3) is 0.304. The van der Waals surface area contributed by atoms with E-state index >= 15 is 0 Å². The molecule has 146 valence electrons. The molecule has 0 unspecified atom stereocenters. The summed E-state index contributed by atoms with van der Waals surface area (Å²) in [6, 6.07) is 15.3. The highest BCUT2D eigenvalue weighted by molar-refractivity contribution is 6.36. The number of nitrogens with zero attached hydrogens (tertiary/aromatic N) is 1. The van der Waals surface area contributed by atoms with E-state index in [2.05, 4.69) is 5.32 Å². The lowest BCUT2D eigenvalue weighted by molar-refractivity contribution is -0.137. The molecule has 1 heterocycles. The first-order valence-corrected chi connectivity index (χ1v) is 9.50. The number of carbonyl (C=O) groups excluding carboxylic acids is 2. The molecule has 0 saturated carbocycles. The largest absolute Gasteiger partial charge is 0.377 e. The van der Waals surface area contributed by atoms with Gasteiger partial charge in [-0.25, -0.2) is 0 Å². The Morgan fingerprint density at radius 3 is 2.29 bits per heavy atom. The van der Waals surface area contributed by atoms with Crippen LogP contribution in [0, 0.1) is 13.8 Å². The maximum Gasteiger partial charge on any atom is 0.278 e. The smallest absolute Gasteiger partial charge is 0.278 e. The van der Waals surface area contributed by atoms with Gasteiger partial charge in [0.25, 0.3) is 11.8 Å². The van der Waals surface area contributed by atoms with Gasteiger partial charge in [0.15, 0.2) is 0 Å². The second-order valence-electron chi connectivity index (χ2n) is 7.24. The van der Waals surface area contributed by atoms with Gasteiger partial charge < -0.3 is 10.1 Å². The van der Waals surface area contributed by atoms with Crippen LogP contribution in [-0.4, -0.2) is 36.0 Å². The Hall–Kier alpha value is -2.92. The summed E-state index contributed by atoms with van der Waals surface area (Å²) in [6.07, 6.45) is 0.0434. The normalized spacial score (nSPS) is 14.4. The maximum atomic E-state index is 13.1. The van der Waals surface area contributed by atoms with Crippen molar-refractivity contribution in [3.05, 3.63) is 70.9 Å². The second-order valence-corrected chi connectivity index (χ2v) is 7.24. The van der Waals surface area contributed by atoms with Crippen LogP contribution in [0.2, 0.25) is 0 Å². The molecule has 5 nitrogen and oxygen atoms in total. The van der Waals surface area contributed by atoms with Crippen molar-refractivity contribution in [2.45, 2.75) is 33.8 Å². The van der Waals surface area contributed by atoms with Gasteiger partial charge in [0, 0.05) is 5.69 Å². The number of nitrogens with one attached hydrogen (secondary N) is 1. The van der Waals surface area contributed by atoms with Crippen molar-refractivity contribution >= 4 is 23.1 Å².